The quantitative estimate of drug-likeness (QED) is 0.774. The monoisotopic (exact) mass is 278 g/mol. The van der Waals surface area contributed by atoms with E-state index in [1.165, 1.54) is 0 Å². The maximum atomic E-state index is 6.23. The standard InChI is InChI=1S/C18H18N2O/c1-19-13-17(14-7-3-2-4-8-14)21-16-11-5-9-15-10-6-12-20-18(15)16/h2-12,17,19H,13H2,1H3. The van der Waals surface area contributed by atoms with E-state index in [0.29, 0.717) is 0 Å². The van der Waals surface area contributed by atoms with Crippen molar-refractivity contribution < 1.29 is 4.74 Å². The number of nitrogens with zero attached hydrogens (tertiary/aromatic N) is 1. The Morgan fingerprint density at radius 3 is 2.62 bits per heavy atom. The van der Waals surface area contributed by atoms with Crippen molar-refractivity contribution in [2.45, 2.75) is 6.10 Å². The average molecular weight is 278 g/mol. The first-order chi connectivity index (χ1) is 10.4. The number of nitrogens with one attached hydrogen (secondary N) is 1. The van der Waals surface area contributed by atoms with E-state index in [1.54, 1.807) is 6.20 Å². The minimum Gasteiger partial charge on any atom is -0.482 e. The van der Waals surface area contributed by atoms with E-state index in [-0.39, 0.29) is 6.10 Å². The fraction of sp³-hybridized carbons (Fsp3) is 0.167. The van der Waals surface area contributed by atoms with Crippen LogP contribution >= 0.6 is 0 Å². The first-order valence-corrected chi connectivity index (χ1v) is 7.08. The minimum atomic E-state index is -0.0381. The predicted octanol–water partition coefficient (Wildman–Crippen LogP) is 3.57. The summed E-state index contributed by atoms with van der Waals surface area (Å²) in [7, 11) is 1.93. The fourth-order valence-electron chi connectivity index (χ4n) is 2.41. The van der Waals surface area contributed by atoms with Gasteiger partial charge in [-0.2, -0.15) is 0 Å². The van der Waals surface area contributed by atoms with Gasteiger partial charge in [0.05, 0.1) is 0 Å². The van der Waals surface area contributed by atoms with Gasteiger partial charge in [0, 0.05) is 18.1 Å². The third kappa shape index (κ3) is 3.03. The molecule has 1 atom stereocenters. The molecule has 106 valence electrons. The molecule has 3 heteroatoms. The molecule has 1 unspecified atom stereocenters. The highest BCUT2D eigenvalue weighted by atomic mass is 16.5. The number of ether oxygens (including phenoxy) is 1. The molecule has 0 amide bonds. The highest BCUT2D eigenvalue weighted by Crippen LogP contribution is 2.27. The molecule has 0 spiro atoms. The van der Waals surface area contributed by atoms with Crippen molar-refractivity contribution in [1.29, 1.82) is 0 Å². The molecule has 0 fully saturated rings. The van der Waals surface area contributed by atoms with Gasteiger partial charge in [0.15, 0.2) is 0 Å². The lowest BCUT2D eigenvalue weighted by Crippen LogP contribution is -2.22. The topological polar surface area (TPSA) is 34.1 Å². The van der Waals surface area contributed by atoms with Crippen LogP contribution in [0.2, 0.25) is 0 Å². The van der Waals surface area contributed by atoms with Gasteiger partial charge in [-0.05, 0) is 24.7 Å². The molecule has 0 radical (unpaired) electrons. The van der Waals surface area contributed by atoms with Gasteiger partial charge in [0.25, 0.3) is 0 Å². The summed E-state index contributed by atoms with van der Waals surface area (Å²) in [5.74, 6) is 0.817. The second kappa shape index (κ2) is 6.37. The highest BCUT2D eigenvalue weighted by Gasteiger charge is 2.14. The van der Waals surface area contributed by atoms with Crippen LogP contribution in [-0.4, -0.2) is 18.6 Å². The van der Waals surface area contributed by atoms with E-state index >= 15 is 0 Å². The van der Waals surface area contributed by atoms with Crippen LogP contribution in [0.4, 0.5) is 0 Å². The van der Waals surface area contributed by atoms with Gasteiger partial charge in [-0.1, -0.05) is 48.5 Å². The number of fused-ring (bicyclic) bond motifs is 1. The Hall–Kier alpha value is -2.39. The van der Waals surface area contributed by atoms with Crippen LogP contribution < -0.4 is 10.1 Å². The summed E-state index contributed by atoms with van der Waals surface area (Å²) in [5, 5.41) is 4.28. The van der Waals surface area contributed by atoms with Crippen molar-refractivity contribution in [3.05, 3.63) is 72.4 Å². The Labute approximate surface area is 124 Å². The normalized spacial score (nSPS) is 12.2. The molecule has 1 heterocycles. The van der Waals surface area contributed by atoms with Crippen molar-refractivity contribution in [1.82, 2.24) is 10.3 Å². The predicted molar refractivity (Wildman–Crippen MR) is 85.5 cm³/mol. The molecule has 3 rings (SSSR count). The molecular formula is C18H18N2O. The molecule has 0 aliphatic carbocycles. The molecule has 0 bridgehead atoms. The van der Waals surface area contributed by atoms with Crippen molar-refractivity contribution >= 4 is 10.9 Å². The maximum Gasteiger partial charge on any atom is 0.146 e. The summed E-state index contributed by atoms with van der Waals surface area (Å²) in [4.78, 5) is 4.44. The first kappa shape index (κ1) is 13.6. The molecule has 0 aliphatic rings. The van der Waals surface area contributed by atoms with E-state index < -0.39 is 0 Å². The molecule has 1 N–H and O–H groups in total. The summed E-state index contributed by atoms with van der Waals surface area (Å²) >= 11 is 0. The minimum absolute atomic E-state index is 0.0381. The third-order valence-electron chi connectivity index (χ3n) is 3.43. The zero-order valence-corrected chi connectivity index (χ0v) is 12.0. The van der Waals surface area contributed by atoms with Gasteiger partial charge in [0.1, 0.15) is 17.4 Å². The number of aromatic nitrogens is 1. The Morgan fingerprint density at radius 1 is 1.00 bits per heavy atom. The summed E-state index contributed by atoms with van der Waals surface area (Å²) < 4.78 is 6.23. The second-order valence-corrected chi connectivity index (χ2v) is 4.91. The average Bonchev–Trinajstić information content (AvgIpc) is 2.55. The number of rotatable bonds is 5. The number of hydrogen-bond acceptors (Lipinski definition) is 3. The highest BCUT2D eigenvalue weighted by molar-refractivity contribution is 5.84. The zero-order valence-electron chi connectivity index (χ0n) is 12.0. The number of pyridine rings is 1. The van der Waals surface area contributed by atoms with Gasteiger partial charge in [-0.15, -0.1) is 0 Å². The van der Waals surface area contributed by atoms with E-state index in [0.717, 1.165) is 28.8 Å². The van der Waals surface area contributed by atoms with Gasteiger partial charge in [-0.25, -0.2) is 0 Å². The lowest BCUT2D eigenvalue weighted by atomic mass is 10.1. The summed E-state index contributed by atoms with van der Waals surface area (Å²) in [5.41, 5.74) is 2.05. The van der Waals surface area contributed by atoms with Crippen molar-refractivity contribution in [2.75, 3.05) is 13.6 Å². The Bertz CT molecular complexity index is 707. The SMILES string of the molecule is CNCC(Oc1cccc2cccnc12)c1ccccc1. The molecule has 3 aromatic rings. The maximum absolute atomic E-state index is 6.23. The molecule has 2 aromatic carbocycles. The van der Waals surface area contributed by atoms with E-state index in [9.17, 15) is 0 Å². The molecule has 21 heavy (non-hydrogen) atoms. The molecular weight excluding hydrogens is 260 g/mol. The first-order valence-electron chi connectivity index (χ1n) is 7.08. The van der Waals surface area contributed by atoms with Gasteiger partial charge in [0.2, 0.25) is 0 Å². The van der Waals surface area contributed by atoms with Crippen molar-refractivity contribution in [3.63, 3.8) is 0 Å². The number of hydrogen-bond donors (Lipinski definition) is 1. The smallest absolute Gasteiger partial charge is 0.146 e. The largest absolute Gasteiger partial charge is 0.482 e. The zero-order chi connectivity index (χ0) is 14.5. The van der Waals surface area contributed by atoms with Crippen molar-refractivity contribution in [3.8, 4) is 5.75 Å². The number of benzene rings is 2. The lowest BCUT2D eigenvalue weighted by Gasteiger charge is -2.20. The number of likely N-dealkylation sites (N-methyl/N-ethyl adjacent to an activating group) is 1. The molecule has 0 saturated heterocycles. The van der Waals surface area contributed by atoms with Crippen LogP contribution in [0.25, 0.3) is 10.9 Å². The second-order valence-electron chi connectivity index (χ2n) is 4.91. The van der Waals surface area contributed by atoms with E-state index in [1.807, 2.05) is 55.6 Å². The lowest BCUT2D eigenvalue weighted by molar-refractivity contribution is 0.207. The van der Waals surface area contributed by atoms with Crippen LogP contribution in [0.15, 0.2) is 66.9 Å². The summed E-state index contributed by atoms with van der Waals surface area (Å²) in [6, 6.07) is 20.2. The molecule has 3 nitrogen and oxygen atoms in total. The van der Waals surface area contributed by atoms with Gasteiger partial charge >= 0.3 is 0 Å². The molecule has 0 saturated carbocycles. The van der Waals surface area contributed by atoms with Crippen LogP contribution in [0.1, 0.15) is 11.7 Å². The fourth-order valence-corrected chi connectivity index (χ4v) is 2.41. The van der Waals surface area contributed by atoms with E-state index in [4.69, 9.17) is 4.74 Å². The van der Waals surface area contributed by atoms with Gasteiger partial charge in [-0.3, -0.25) is 4.98 Å². The van der Waals surface area contributed by atoms with Crippen molar-refractivity contribution in [2.24, 2.45) is 0 Å². The summed E-state index contributed by atoms with van der Waals surface area (Å²) in [6.07, 6.45) is 1.76. The third-order valence-corrected chi connectivity index (χ3v) is 3.43. The van der Waals surface area contributed by atoms with Crippen LogP contribution in [0, 0.1) is 0 Å². The van der Waals surface area contributed by atoms with Gasteiger partial charge < -0.3 is 10.1 Å². The number of para-hydroxylation sites is 1. The summed E-state index contributed by atoms with van der Waals surface area (Å²) in [6.45, 7) is 0.743. The van der Waals surface area contributed by atoms with Crippen LogP contribution in [0.5, 0.6) is 5.75 Å². The molecule has 1 aromatic heterocycles. The Morgan fingerprint density at radius 2 is 1.81 bits per heavy atom. The molecule has 0 aliphatic heterocycles. The van der Waals surface area contributed by atoms with E-state index in [2.05, 4.69) is 22.4 Å². The van der Waals surface area contributed by atoms with Crippen LogP contribution in [-0.2, 0) is 0 Å². The Kier molecular flexibility index (Phi) is 4.12. The van der Waals surface area contributed by atoms with Crippen LogP contribution in [0.3, 0.4) is 0 Å². The Balaban J connectivity index is 1.95.